The number of aryl methyl sites for hydroxylation is 3. The Hall–Kier alpha value is -2.04. The highest BCUT2D eigenvalue weighted by molar-refractivity contribution is 5.85. The predicted molar refractivity (Wildman–Crippen MR) is 99.8 cm³/mol. The second kappa shape index (κ2) is 9.30. The fourth-order valence-corrected chi connectivity index (χ4v) is 2.63. The predicted octanol–water partition coefficient (Wildman–Crippen LogP) is 3.23. The number of rotatable bonds is 6. The Labute approximate surface area is 149 Å². The van der Waals surface area contributed by atoms with E-state index in [9.17, 15) is 4.79 Å². The molecule has 0 saturated heterocycles. The van der Waals surface area contributed by atoms with Crippen LogP contribution in [0.3, 0.4) is 0 Å². The number of nitrogens with one attached hydrogen (secondary N) is 1. The molecule has 5 heteroatoms. The van der Waals surface area contributed by atoms with Crippen molar-refractivity contribution in [2.24, 2.45) is 5.73 Å². The van der Waals surface area contributed by atoms with Crippen LogP contribution < -0.4 is 15.8 Å². The highest BCUT2D eigenvalue weighted by atomic mass is 35.5. The number of halogens is 1. The third-order valence-electron chi connectivity index (χ3n) is 3.70. The number of benzene rings is 2. The van der Waals surface area contributed by atoms with Crippen molar-refractivity contribution in [3.05, 3.63) is 64.7 Å². The second-order valence-corrected chi connectivity index (χ2v) is 5.84. The van der Waals surface area contributed by atoms with Gasteiger partial charge in [-0.15, -0.1) is 12.4 Å². The molecule has 1 unspecified atom stereocenters. The first-order valence-electron chi connectivity index (χ1n) is 7.75. The summed E-state index contributed by atoms with van der Waals surface area (Å²) in [7, 11) is 0. The van der Waals surface area contributed by atoms with Gasteiger partial charge in [-0.1, -0.05) is 48.0 Å². The summed E-state index contributed by atoms with van der Waals surface area (Å²) in [6, 6.07) is 13.6. The van der Waals surface area contributed by atoms with E-state index in [-0.39, 0.29) is 31.0 Å². The van der Waals surface area contributed by atoms with E-state index in [0.717, 1.165) is 22.4 Å². The van der Waals surface area contributed by atoms with Crippen LogP contribution in [0.1, 0.15) is 28.3 Å². The molecule has 0 heterocycles. The van der Waals surface area contributed by atoms with Gasteiger partial charge in [0.2, 0.25) is 0 Å². The van der Waals surface area contributed by atoms with E-state index in [0.29, 0.717) is 6.54 Å². The Morgan fingerprint density at radius 1 is 1.12 bits per heavy atom. The molecule has 1 atom stereocenters. The van der Waals surface area contributed by atoms with E-state index >= 15 is 0 Å². The Kier molecular flexibility index (Phi) is 7.75. The smallest absolute Gasteiger partial charge is 0.258 e. The highest BCUT2D eigenvalue weighted by Gasteiger charge is 2.10. The number of amides is 1. The molecule has 2 aromatic rings. The third-order valence-corrected chi connectivity index (χ3v) is 3.70. The summed E-state index contributed by atoms with van der Waals surface area (Å²) in [5.74, 6) is 0.605. The minimum absolute atomic E-state index is 0. The molecule has 0 aliphatic carbocycles. The molecule has 1 amide bonds. The molecule has 0 aliphatic rings. The number of hydrogen-bond donors (Lipinski definition) is 2. The Morgan fingerprint density at radius 2 is 1.71 bits per heavy atom. The molecule has 0 aliphatic heterocycles. The summed E-state index contributed by atoms with van der Waals surface area (Å²) in [6.07, 6.45) is 0. The van der Waals surface area contributed by atoms with Crippen LogP contribution >= 0.6 is 12.4 Å². The fourth-order valence-electron chi connectivity index (χ4n) is 2.63. The van der Waals surface area contributed by atoms with E-state index in [1.807, 2.05) is 63.2 Å². The van der Waals surface area contributed by atoms with Gasteiger partial charge < -0.3 is 15.8 Å². The molecule has 0 aromatic heterocycles. The Balaban J connectivity index is 0.00000288. The van der Waals surface area contributed by atoms with Crippen LogP contribution in [0.4, 0.5) is 0 Å². The molecule has 0 saturated carbocycles. The van der Waals surface area contributed by atoms with Crippen LogP contribution in [0.25, 0.3) is 0 Å². The zero-order valence-corrected chi connectivity index (χ0v) is 15.2. The molecule has 0 spiro atoms. The van der Waals surface area contributed by atoms with Crippen molar-refractivity contribution in [3.8, 4) is 5.75 Å². The van der Waals surface area contributed by atoms with Crippen molar-refractivity contribution in [1.29, 1.82) is 0 Å². The summed E-state index contributed by atoms with van der Waals surface area (Å²) in [6.45, 7) is 6.39. The first kappa shape index (κ1) is 20.0. The Morgan fingerprint density at radius 3 is 2.29 bits per heavy atom. The van der Waals surface area contributed by atoms with E-state index < -0.39 is 0 Å². The number of carbonyl (C=O) groups is 1. The van der Waals surface area contributed by atoms with Crippen LogP contribution in [0.5, 0.6) is 5.75 Å². The molecule has 3 N–H and O–H groups in total. The minimum atomic E-state index is -0.219. The van der Waals surface area contributed by atoms with E-state index in [1.54, 1.807) is 0 Å². The molecule has 2 rings (SSSR count). The van der Waals surface area contributed by atoms with Crippen molar-refractivity contribution >= 4 is 18.3 Å². The molecular weight excluding hydrogens is 324 g/mol. The van der Waals surface area contributed by atoms with Gasteiger partial charge in [-0.2, -0.15) is 0 Å². The summed E-state index contributed by atoms with van der Waals surface area (Å²) < 4.78 is 5.67. The van der Waals surface area contributed by atoms with Gasteiger partial charge in [0.25, 0.3) is 5.91 Å². The van der Waals surface area contributed by atoms with Crippen LogP contribution in [0.15, 0.2) is 42.5 Å². The lowest BCUT2D eigenvalue weighted by molar-refractivity contribution is -0.123. The average Bonchev–Trinajstić information content (AvgIpc) is 2.52. The average molecular weight is 349 g/mol. The molecule has 2 aromatic carbocycles. The van der Waals surface area contributed by atoms with Gasteiger partial charge in [0.15, 0.2) is 6.61 Å². The van der Waals surface area contributed by atoms with E-state index in [1.165, 1.54) is 5.56 Å². The number of ether oxygens (including phenoxy) is 1. The van der Waals surface area contributed by atoms with Crippen molar-refractivity contribution in [2.75, 3.05) is 13.2 Å². The standard InChI is InChI=1S/C19H24N2O2.ClH/c1-13-9-14(2)19(15(3)10-13)23-12-18(22)21-11-17(20)16-7-5-4-6-8-16;/h4-10,17H,11-12,20H2,1-3H3,(H,21,22);1H. The molecule has 0 radical (unpaired) electrons. The zero-order chi connectivity index (χ0) is 16.8. The lowest BCUT2D eigenvalue weighted by Crippen LogP contribution is -2.35. The van der Waals surface area contributed by atoms with E-state index in [2.05, 4.69) is 5.32 Å². The Bertz CT molecular complexity index is 651. The molecular formula is C19H25ClN2O2. The van der Waals surface area contributed by atoms with E-state index in [4.69, 9.17) is 10.5 Å². The van der Waals surface area contributed by atoms with Crippen LogP contribution in [-0.2, 0) is 4.79 Å². The lowest BCUT2D eigenvalue weighted by Gasteiger charge is -2.15. The molecule has 24 heavy (non-hydrogen) atoms. The number of hydrogen-bond acceptors (Lipinski definition) is 3. The monoisotopic (exact) mass is 348 g/mol. The quantitative estimate of drug-likeness (QED) is 0.842. The molecule has 130 valence electrons. The van der Waals surface area contributed by atoms with Gasteiger partial charge >= 0.3 is 0 Å². The van der Waals surface area contributed by atoms with Gasteiger partial charge in [0, 0.05) is 12.6 Å². The van der Waals surface area contributed by atoms with Crippen LogP contribution in [0, 0.1) is 20.8 Å². The summed E-state index contributed by atoms with van der Waals surface area (Å²) in [5.41, 5.74) is 10.3. The lowest BCUT2D eigenvalue weighted by atomic mass is 10.1. The third kappa shape index (κ3) is 5.55. The van der Waals surface area contributed by atoms with Crippen molar-refractivity contribution in [3.63, 3.8) is 0 Å². The largest absolute Gasteiger partial charge is 0.483 e. The van der Waals surface area contributed by atoms with Gasteiger partial charge in [-0.3, -0.25) is 4.79 Å². The van der Waals surface area contributed by atoms with Crippen molar-refractivity contribution in [1.82, 2.24) is 5.32 Å². The normalized spacial score (nSPS) is 11.3. The van der Waals surface area contributed by atoms with Crippen molar-refractivity contribution in [2.45, 2.75) is 26.8 Å². The highest BCUT2D eigenvalue weighted by Crippen LogP contribution is 2.24. The number of carbonyl (C=O) groups excluding carboxylic acids is 1. The van der Waals surface area contributed by atoms with Gasteiger partial charge in [-0.25, -0.2) is 0 Å². The maximum Gasteiger partial charge on any atom is 0.258 e. The SMILES string of the molecule is Cc1cc(C)c(OCC(=O)NCC(N)c2ccccc2)c(C)c1.Cl. The first-order chi connectivity index (χ1) is 11.0. The second-order valence-electron chi connectivity index (χ2n) is 5.84. The number of nitrogens with two attached hydrogens (primary N) is 1. The van der Waals surface area contributed by atoms with Gasteiger partial charge in [-0.05, 0) is 37.5 Å². The fraction of sp³-hybridized carbons (Fsp3) is 0.316. The minimum Gasteiger partial charge on any atom is -0.483 e. The van der Waals surface area contributed by atoms with Gasteiger partial charge in [0.1, 0.15) is 5.75 Å². The summed E-state index contributed by atoms with van der Waals surface area (Å²) >= 11 is 0. The first-order valence-corrected chi connectivity index (χ1v) is 7.75. The maximum absolute atomic E-state index is 12.0. The van der Waals surface area contributed by atoms with Crippen LogP contribution in [-0.4, -0.2) is 19.1 Å². The molecule has 4 nitrogen and oxygen atoms in total. The maximum atomic E-state index is 12.0. The topological polar surface area (TPSA) is 64.3 Å². The summed E-state index contributed by atoms with van der Waals surface area (Å²) in [4.78, 5) is 12.0. The summed E-state index contributed by atoms with van der Waals surface area (Å²) in [5, 5.41) is 2.81. The van der Waals surface area contributed by atoms with Gasteiger partial charge in [0.05, 0.1) is 0 Å². The molecule has 0 fully saturated rings. The van der Waals surface area contributed by atoms with Crippen LogP contribution in [0.2, 0.25) is 0 Å². The molecule has 0 bridgehead atoms. The zero-order valence-electron chi connectivity index (χ0n) is 14.3. The van der Waals surface area contributed by atoms with Crippen molar-refractivity contribution < 1.29 is 9.53 Å².